The van der Waals surface area contributed by atoms with Crippen LogP contribution in [0.2, 0.25) is 5.02 Å². The van der Waals surface area contributed by atoms with Crippen LogP contribution >= 0.6 is 27.5 Å². The van der Waals surface area contributed by atoms with Gasteiger partial charge in [-0.15, -0.1) is 0 Å². The highest BCUT2D eigenvalue weighted by Gasteiger charge is 2.21. The first-order chi connectivity index (χ1) is 8.54. The number of aromatic nitrogens is 2. The molecule has 1 heterocycles. The van der Waals surface area contributed by atoms with Gasteiger partial charge in [0, 0.05) is 11.0 Å². The molecule has 0 aliphatic heterocycles. The van der Waals surface area contributed by atoms with Crippen LogP contribution in [0.25, 0.3) is 0 Å². The Morgan fingerprint density at radius 1 is 1.56 bits per heavy atom. The van der Waals surface area contributed by atoms with E-state index in [0.717, 1.165) is 0 Å². The normalized spacial score (nSPS) is 10.7. The third-order valence-corrected chi connectivity index (χ3v) is 3.25. The summed E-state index contributed by atoms with van der Waals surface area (Å²) in [5.74, 6) is -1.05. The number of carbonyl (C=O) groups is 1. The average Bonchev–Trinajstić information content (AvgIpc) is 2.72. The molecule has 94 valence electrons. The van der Waals surface area contributed by atoms with Gasteiger partial charge >= 0.3 is 0 Å². The number of nitrogens with zero attached hydrogens (tertiary/aromatic N) is 2. The molecule has 1 aromatic carbocycles. The second kappa shape index (κ2) is 5.20. The zero-order valence-electron chi connectivity index (χ0n) is 9.45. The Kier molecular flexibility index (Phi) is 3.82. The lowest BCUT2D eigenvalue weighted by Crippen LogP contribution is -2.12. The van der Waals surface area contributed by atoms with E-state index in [4.69, 9.17) is 11.6 Å². The lowest BCUT2D eigenvalue weighted by molar-refractivity contribution is 0.102. The first-order valence-corrected chi connectivity index (χ1v) is 6.42. The van der Waals surface area contributed by atoms with Gasteiger partial charge in [-0.05, 0) is 25.1 Å². The standard InChI is InChI=1S/C12H9BrClFN2O/c1-2-17-11(9(14)6-16-17)12(18)8-5-7(13)3-4-10(8)15/h3-6H,2H2,1H3. The minimum atomic E-state index is -0.580. The molecule has 0 atom stereocenters. The first-order valence-electron chi connectivity index (χ1n) is 5.25. The van der Waals surface area contributed by atoms with Gasteiger partial charge in [0.2, 0.25) is 5.78 Å². The van der Waals surface area contributed by atoms with Crippen molar-refractivity contribution in [3.8, 4) is 0 Å². The SMILES string of the molecule is CCn1ncc(Cl)c1C(=O)c1cc(Br)ccc1F. The summed E-state index contributed by atoms with van der Waals surface area (Å²) in [5, 5.41) is 4.19. The van der Waals surface area contributed by atoms with Gasteiger partial charge in [-0.25, -0.2) is 4.39 Å². The minimum Gasteiger partial charge on any atom is -0.287 e. The maximum Gasteiger partial charge on any atom is 0.215 e. The summed E-state index contributed by atoms with van der Waals surface area (Å²) in [4.78, 5) is 12.3. The Labute approximate surface area is 117 Å². The third-order valence-electron chi connectivity index (χ3n) is 2.48. The van der Waals surface area contributed by atoms with Crippen molar-refractivity contribution in [2.75, 3.05) is 0 Å². The third kappa shape index (κ3) is 2.33. The van der Waals surface area contributed by atoms with E-state index in [1.54, 1.807) is 0 Å². The average molecular weight is 332 g/mol. The molecule has 0 aliphatic rings. The molecular weight excluding hydrogens is 322 g/mol. The molecule has 6 heteroatoms. The Morgan fingerprint density at radius 2 is 2.28 bits per heavy atom. The lowest BCUT2D eigenvalue weighted by atomic mass is 10.1. The Morgan fingerprint density at radius 3 is 2.94 bits per heavy atom. The highest BCUT2D eigenvalue weighted by molar-refractivity contribution is 9.10. The predicted molar refractivity (Wildman–Crippen MR) is 70.4 cm³/mol. The van der Waals surface area contributed by atoms with Gasteiger partial charge in [-0.2, -0.15) is 5.10 Å². The first kappa shape index (κ1) is 13.2. The topological polar surface area (TPSA) is 34.9 Å². The molecule has 2 rings (SSSR count). The lowest BCUT2D eigenvalue weighted by Gasteiger charge is -2.06. The Bertz CT molecular complexity index is 612. The maximum absolute atomic E-state index is 13.7. The fourth-order valence-corrected chi connectivity index (χ4v) is 2.22. The molecule has 0 spiro atoms. The van der Waals surface area contributed by atoms with Gasteiger partial charge in [0.1, 0.15) is 11.5 Å². The molecule has 0 N–H and O–H groups in total. The molecule has 3 nitrogen and oxygen atoms in total. The molecule has 18 heavy (non-hydrogen) atoms. The van der Waals surface area contributed by atoms with Crippen LogP contribution in [0.4, 0.5) is 4.39 Å². The summed E-state index contributed by atoms with van der Waals surface area (Å²) in [6, 6.07) is 4.20. The second-order valence-electron chi connectivity index (χ2n) is 3.61. The van der Waals surface area contributed by atoms with Crippen LogP contribution in [-0.4, -0.2) is 15.6 Å². The van der Waals surface area contributed by atoms with Crippen molar-refractivity contribution >= 4 is 33.3 Å². The van der Waals surface area contributed by atoms with Crippen LogP contribution in [0, 0.1) is 5.82 Å². The van der Waals surface area contributed by atoms with Crippen molar-refractivity contribution < 1.29 is 9.18 Å². The molecule has 1 aromatic heterocycles. The molecule has 0 bridgehead atoms. The highest BCUT2D eigenvalue weighted by atomic mass is 79.9. The van der Waals surface area contributed by atoms with E-state index in [1.165, 1.54) is 29.1 Å². The summed E-state index contributed by atoms with van der Waals surface area (Å²) in [6.45, 7) is 2.32. The summed E-state index contributed by atoms with van der Waals surface area (Å²) in [6.07, 6.45) is 1.38. The smallest absolute Gasteiger partial charge is 0.215 e. The number of carbonyl (C=O) groups excluding carboxylic acids is 1. The van der Waals surface area contributed by atoms with Crippen LogP contribution in [-0.2, 0) is 6.54 Å². The molecular formula is C12H9BrClFN2O. The van der Waals surface area contributed by atoms with E-state index < -0.39 is 11.6 Å². The van der Waals surface area contributed by atoms with Gasteiger partial charge in [-0.1, -0.05) is 27.5 Å². The monoisotopic (exact) mass is 330 g/mol. The van der Waals surface area contributed by atoms with Crippen LogP contribution in [0.5, 0.6) is 0 Å². The molecule has 0 fully saturated rings. The van der Waals surface area contributed by atoms with Crippen molar-refractivity contribution in [3.05, 3.63) is 51.0 Å². The Balaban J connectivity index is 2.54. The number of ketones is 1. The molecule has 0 radical (unpaired) electrons. The van der Waals surface area contributed by atoms with E-state index >= 15 is 0 Å². The van der Waals surface area contributed by atoms with Gasteiger partial charge in [-0.3, -0.25) is 9.48 Å². The molecule has 0 aliphatic carbocycles. The van der Waals surface area contributed by atoms with Crippen molar-refractivity contribution in [1.29, 1.82) is 0 Å². The summed E-state index contributed by atoms with van der Waals surface area (Å²) in [5.41, 5.74) is 0.178. The predicted octanol–water partition coefficient (Wildman–Crippen LogP) is 3.69. The fourth-order valence-electron chi connectivity index (χ4n) is 1.63. The zero-order valence-corrected chi connectivity index (χ0v) is 11.8. The van der Waals surface area contributed by atoms with Crippen molar-refractivity contribution in [2.45, 2.75) is 13.5 Å². The fraction of sp³-hybridized carbons (Fsp3) is 0.167. The maximum atomic E-state index is 13.7. The molecule has 0 saturated heterocycles. The van der Waals surface area contributed by atoms with Crippen molar-refractivity contribution in [2.24, 2.45) is 0 Å². The highest BCUT2D eigenvalue weighted by Crippen LogP contribution is 2.23. The van der Waals surface area contributed by atoms with E-state index in [2.05, 4.69) is 21.0 Å². The minimum absolute atomic E-state index is 0.0264. The summed E-state index contributed by atoms with van der Waals surface area (Å²) in [7, 11) is 0. The van der Waals surface area contributed by atoms with Crippen LogP contribution < -0.4 is 0 Å². The Hall–Kier alpha value is -1.20. The number of benzene rings is 1. The number of rotatable bonds is 3. The van der Waals surface area contributed by atoms with Gasteiger partial charge < -0.3 is 0 Å². The zero-order chi connectivity index (χ0) is 13.3. The van der Waals surface area contributed by atoms with E-state index in [1.807, 2.05) is 6.92 Å². The number of hydrogen-bond acceptors (Lipinski definition) is 2. The van der Waals surface area contributed by atoms with Gasteiger partial charge in [0.15, 0.2) is 0 Å². The number of hydrogen-bond donors (Lipinski definition) is 0. The summed E-state index contributed by atoms with van der Waals surface area (Å²) < 4.78 is 15.7. The van der Waals surface area contributed by atoms with E-state index in [0.29, 0.717) is 11.0 Å². The van der Waals surface area contributed by atoms with Crippen molar-refractivity contribution in [3.63, 3.8) is 0 Å². The summed E-state index contributed by atoms with van der Waals surface area (Å²) >= 11 is 9.13. The molecule has 0 unspecified atom stereocenters. The molecule has 0 amide bonds. The van der Waals surface area contributed by atoms with Crippen LogP contribution in [0.3, 0.4) is 0 Å². The van der Waals surface area contributed by atoms with Gasteiger partial charge in [0.25, 0.3) is 0 Å². The van der Waals surface area contributed by atoms with E-state index in [9.17, 15) is 9.18 Å². The van der Waals surface area contributed by atoms with Gasteiger partial charge in [0.05, 0.1) is 16.8 Å². The number of halogens is 3. The second-order valence-corrected chi connectivity index (χ2v) is 4.93. The largest absolute Gasteiger partial charge is 0.287 e. The van der Waals surface area contributed by atoms with E-state index in [-0.39, 0.29) is 16.3 Å². The quantitative estimate of drug-likeness (QED) is 0.804. The van der Waals surface area contributed by atoms with Crippen molar-refractivity contribution in [1.82, 2.24) is 9.78 Å². The molecule has 0 saturated carbocycles. The van der Waals surface area contributed by atoms with Crippen LogP contribution in [0.1, 0.15) is 23.0 Å². The number of aryl methyl sites for hydroxylation is 1. The van der Waals surface area contributed by atoms with Crippen LogP contribution in [0.15, 0.2) is 28.9 Å². The molecule has 2 aromatic rings.